The Morgan fingerprint density at radius 3 is 2.04 bits per heavy atom. The normalized spacial score (nSPS) is 10.2. The molecule has 1 heterocycles. The Balaban J connectivity index is 2.58. The molecule has 0 fully saturated rings. The van der Waals surface area contributed by atoms with Crippen molar-refractivity contribution in [2.45, 2.75) is 13.8 Å². The summed E-state index contributed by atoms with van der Waals surface area (Å²) >= 11 is 0. The molecule has 2 rings (SSSR count). The van der Waals surface area contributed by atoms with E-state index in [1.807, 2.05) is 0 Å². The van der Waals surface area contributed by atoms with E-state index in [0.29, 0.717) is 0 Å². The number of carbonyl (C=O) groups is 3. The summed E-state index contributed by atoms with van der Waals surface area (Å²) < 4.78 is 24.2. The molecule has 0 aliphatic carbocycles. The van der Waals surface area contributed by atoms with Crippen LogP contribution in [0.15, 0.2) is 27.6 Å². The minimum absolute atomic E-state index is 0.0196. The van der Waals surface area contributed by atoms with Gasteiger partial charge in [-0.15, -0.1) is 0 Å². The highest BCUT2D eigenvalue weighted by atomic mass is 16.7. The highest BCUT2D eigenvalue weighted by molar-refractivity contribution is 5.92. The lowest BCUT2D eigenvalue weighted by molar-refractivity contribution is 0.0693. The van der Waals surface area contributed by atoms with Crippen molar-refractivity contribution in [2.75, 3.05) is 13.2 Å². The van der Waals surface area contributed by atoms with Crippen LogP contribution in [0.3, 0.4) is 0 Å². The van der Waals surface area contributed by atoms with Crippen molar-refractivity contribution in [1.29, 1.82) is 0 Å². The van der Waals surface area contributed by atoms with Crippen molar-refractivity contribution in [2.24, 2.45) is 0 Å². The van der Waals surface area contributed by atoms with E-state index in [1.54, 1.807) is 13.8 Å². The van der Waals surface area contributed by atoms with E-state index in [9.17, 15) is 19.2 Å². The molecule has 2 aromatic rings. The van der Waals surface area contributed by atoms with Crippen LogP contribution in [0.1, 0.15) is 24.2 Å². The quantitative estimate of drug-likeness (QED) is 0.620. The first-order chi connectivity index (χ1) is 12.4. The predicted octanol–water partition coefficient (Wildman–Crippen LogP) is 2.56. The molecule has 0 spiro atoms. The van der Waals surface area contributed by atoms with Gasteiger partial charge in [0.05, 0.1) is 18.6 Å². The molecule has 0 atom stereocenters. The van der Waals surface area contributed by atoms with Gasteiger partial charge in [-0.25, -0.2) is 14.4 Å². The fourth-order valence-corrected chi connectivity index (χ4v) is 1.92. The molecule has 10 nitrogen and oxygen atoms in total. The largest absolute Gasteiger partial charge is 0.513 e. The summed E-state index contributed by atoms with van der Waals surface area (Å²) in [6.07, 6.45) is -1.43. The summed E-state index contributed by atoms with van der Waals surface area (Å²) in [4.78, 5) is 46.4. The Labute approximate surface area is 145 Å². The third-order valence-corrected chi connectivity index (χ3v) is 2.98. The first-order valence-corrected chi connectivity index (χ1v) is 7.39. The SMILES string of the molecule is CCOC(=O)Oc1cc2occ(C(=O)O)c(=O)c2cc1OC(=O)OCC. The average Bonchev–Trinajstić information content (AvgIpc) is 2.56. The number of carbonyl (C=O) groups excluding carboxylic acids is 2. The lowest BCUT2D eigenvalue weighted by Gasteiger charge is -2.11. The smallest absolute Gasteiger partial charge is 0.477 e. The number of benzene rings is 1. The lowest BCUT2D eigenvalue weighted by Crippen LogP contribution is -2.16. The van der Waals surface area contributed by atoms with E-state index in [1.165, 1.54) is 0 Å². The van der Waals surface area contributed by atoms with Crippen LogP contribution < -0.4 is 14.9 Å². The molecule has 1 aromatic heterocycles. The molecule has 138 valence electrons. The molecule has 0 bridgehead atoms. The number of carboxylic acids is 1. The Morgan fingerprint density at radius 1 is 1.00 bits per heavy atom. The number of ether oxygens (including phenoxy) is 4. The van der Waals surface area contributed by atoms with Gasteiger partial charge in [-0.05, 0) is 19.9 Å². The van der Waals surface area contributed by atoms with Gasteiger partial charge in [0.25, 0.3) is 0 Å². The van der Waals surface area contributed by atoms with Crippen LogP contribution in [-0.2, 0) is 9.47 Å². The fourth-order valence-electron chi connectivity index (χ4n) is 1.92. The van der Waals surface area contributed by atoms with Gasteiger partial charge in [0.15, 0.2) is 11.5 Å². The minimum atomic E-state index is -1.49. The monoisotopic (exact) mass is 366 g/mol. The second kappa shape index (κ2) is 8.01. The highest BCUT2D eigenvalue weighted by Gasteiger charge is 2.20. The summed E-state index contributed by atoms with van der Waals surface area (Å²) in [5.74, 6) is -2.12. The van der Waals surface area contributed by atoms with Gasteiger partial charge in [-0.2, -0.15) is 0 Å². The van der Waals surface area contributed by atoms with E-state index in [4.69, 9.17) is 19.0 Å². The molecule has 0 aliphatic rings. The number of aromatic carboxylic acids is 1. The number of hydrogen-bond acceptors (Lipinski definition) is 9. The summed E-state index contributed by atoms with van der Waals surface area (Å²) in [6.45, 7) is 3.17. The third-order valence-electron chi connectivity index (χ3n) is 2.98. The van der Waals surface area contributed by atoms with Gasteiger partial charge < -0.3 is 28.5 Å². The Morgan fingerprint density at radius 2 is 1.54 bits per heavy atom. The maximum absolute atomic E-state index is 12.2. The van der Waals surface area contributed by atoms with Crippen LogP contribution in [0.5, 0.6) is 11.5 Å². The van der Waals surface area contributed by atoms with E-state index >= 15 is 0 Å². The molecule has 1 aromatic carbocycles. The van der Waals surface area contributed by atoms with Crippen molar-refractivity contribution >= 4 is 29.2 Å². The van der Waals surface area contributed by atoms with Crippen LogP contribution in [0, 0.1) is 0 Å². The van der Waals surface area contributed by atoms with Gasteiger partial charge in [-0.1, -0.05) is 0 Å². The number of hydrogen-bond donors (Lipinski definition) is 1. The molecule has 0 amide bonds. The zero-order valence-electron chi connectivity index (χ0n) is 13.8. The fraction of sp³-hybridized carbons (Fsp3) is 0.250. The van der Waals surface area contributed by atoms with Crippen molar-refractivity contribution in [3.05, 3.63) is 34.2 Å². The topological polar surface area (TPSA) is 139 Å². The van der Waals surface area contributed by atoms with Crippen molar-refractivity contribution in [3.63, 3.8) is 0 Å². The first-order valence-electron chi connectivity index (χ1n) is 7.39. The molecule has 0 radical (unpaired) electrons. The molecule has 26 heavy (non-hydrogen) atoms. The van der Waals surface area contributed by atoms with Gasteiger partial charge >= 0.3 is 18.3 Å². The molecular formula is C16H14O10. The van der Waals surface area contributed by atoms with E-state index in [-0.39, 0.29) is 35.7 Å². The van der Waals surface area contributed by atoms with E-state index in [2.05, 4.69) is 9.47 Å². The predicted molar refractivity (Wildman–Crippen MR) is 84.7 cm³/mol. The summed E-state index contributed by atoms with van der Waals surface area (Å²) in [5, 5.41) is 8.80. The van der Waals surface area contributed by atoms with Crippen molar-refractivity contribution < 1.29 is 42.9 Å². The van der Waals surface area contributed by atoms with Crippen LogP contribution in [0.25, 0.3) is 11.0 Å². The summed E-state index contributed by atoms with van der Waals surface area (Å²) in [7, 11) is 0. The zero-order chi connectivity index (χ0) is 19.3. The van der Waals surface area contributed by atoms with E-state index < -0.39 is 29.3 Å². The lowest BCUT2D eigenvalue weighted by atomic mass is 10.1. The van der Waals surface area contributed by atoms with Crippen LogP contribution in [-0.4, -0.2) is 36.6 Å². The van der Waals surface area contributed by atoms with Crippen molar-refractivity contribution in [3.8, 4) is 11.5 Å². The third kappa shape index (κ3) is 4.09. The van der Waals surface area contributed by atoms with Crippen LogP contribution in [0.4, 0.5) is 9.59 Å². The highest BCUT2D eigenvalue weighted by Crippen LogP contribution is 2.32. The second-order valence-electron chi connectivity index (χ2n) is 4.65. The summed E-state index contributed by atoms with van der Waals surface area (Å²) in [5.41, 5.74) is -1.57. The standard InChI is InChI=1S/C16H14O10/c1-3-22-15(20)25-11-5-8-10(6-12(11)26-16(21)23-4-2)24-7-9(13(8)17)14(18)19/h5-7H,3-4H2,1-2H3,(H,18,19). The van der Waals surface area contributed by atoms with Crippen LogP contribution in [0.2, 0.25) is 0 Å². The molecule has 1 N–H and O–H groups in total. The molecule has 0 saturated heterocycles. The van der Waals surface area contributed by atoms with Crippen LogP contribution >= 0.6 is 0 Å². The van der Waals surface area contributed by atoms with Crippen molar-refractivity contribution in [1.82, 2.24) is 0 Å². The maximum Gasteiger partial charge on any atom is 0.513 e. The van der Waals surface area contributed by atoms with Gasteiger partial charge in [0.1, 0.15) is 17.4 Å². The van der Waals surface area contributed by atoms with Gasteiger partial charge in [-0.3, -0.25) is 4.79 Å². The molecule has 0 aliphatic heterocycles. The second-order valence-corrected chi connectivity index (χ2v) is 4.65. The Kier molecular flexibility index (Phi) is 5.78. The first kappa shape index (κ1) is 18.8. The molecule has 10 heteroatoms. The maximum atomic E-state index is 12.2. The minimum Gasteiger partial charge on any atom is -0.477 e. The van der Waals surface area contributed by atoms with Gasteiger partial charge in [0.2, 0.25) is 5.43 Å². The Bertz CT molecular complexity index is 911. The van der Waals surface area contributed by atoms with E-state index in [0.717, 1.165) is 18.4 Å². The molecule has 0 unspecified atom stereocenters. The average molecular weight is 366 g/mol. The molecular weight excluding hydrogens is 352 g/mol. The number of rotatable bonds is 5. The zero-order valence-corrected chi connectivity index (χ0v) is 13.8. The summed E-state index contributed by atoms with van der Waals surface area (Å²) in [6, 6.07) is 2.10. The number of carboxylic acid groups (broad SMARTS) is 1. The Hall–Kier alpha value is -3.56. The number of fused-ring (bicyclic) bond motifs is 1. The molecule has 0 saturated carbocycles. The van der Waals surface area contributed by atoms with Gasteiger partial charge in [0, 0.05) is 6.07 Å².